The number of benzene rings is 1. The maximum atomic E-state index is 13.2. The second-order valence-corrected chi connectivity index (χ2v) is 9.18. The fourth-order valence-corrected chi connectivity index (χ4v) is 5.96. The van der Waals surface area contributed by atoms with Crippen LogP contribution in [0.3, 0.4) is 0 Å². The lowest BCUT2D eigenvalue weighted by Crippen LogP contribution is -2.42. The molecule has 2 fully saturated rings. The number of nitrogens with zero attached hydrogens (tertiary/aromatic N) is 2. The number of hydrogen-bond acceptors (Lipinski definition) is 4. The average Bonchev–Trinajstić information content (AvgIpc) is 3.27. The van der Waals surface area contributed by atoms with Crippen molar-refractivity contribution >= 4 is 21.6 Å². The zero-order valence-corrected chi connectivity index (χ0v) is 15.2. The fraction of sp³-hybridized carbons (Fsp3) is 0.611. The molecule has 0 aromatic heterocycles. The number of nitrogens with one attached hydrogen (secondary N) is 1. The minimum absolute atomic E-state index is 0.00618. The molecule has 1 N–H and O–H groups in total. The lowest BCUT2D eigenvalue weighted by Gasteiger charge is -2.28. The van der Waals surface area contributed by atoms with Crippen molar-refractivity contribution in [3.8, 4) is 0 Å². The van der Waals surface area contributed by atoms with Crippen LogP contribution in [0.5, 0.6) is 0 Å². The lowest BCUT2D eigenvalue weighted by atomic mass is 10.0. The van der Waals surface area contributed by atoms with Gasteiger partial charge in [0.25, 0.3) is 0 Å². The van der Waals surface area contributed by atoms with Crippen LogP contribution in [0.2, 0.25) is 0 Å². The van der Waals surface area contributed by atoms with Crippen LogP contribution >= 0.6 is 0 Å². The van der Waals surface area contributed by atoms with E-state index in [2.05, 4.69) is 10.2 Å². The molecule has 0 aliphatic carbocycles. The summed E-state index contributed by atoms with van der Waals surface area (Å²) in [7, 11) is -3.48. The molecule has 0 saturated carbocycles. The summed E-state index contributed by atoms with van der Waals surface area (Å²) in [6, 6.07) is 5.18. The number of carbonyl (C=O) groups is 1. The van der Waals surface area contributed by atoms with E-state index in [1.165, 1.54) is 12.8 Å². The Hall–Kier alpha value is -1.44. The molecule has 7 heteroatoms. The molecule has 3 aliphatic heterocycles. The Labute approximate surface area is 149 Å². The summed E-state index contributed by atoms with van der Waals surface area (Å²) in [5, 5.41) is 2.81. The third-order valence-corrected chi connectivity index (χ3v) is 7.52. The topological polar surface area (TPSA) is 69.7 Å². The maximum absolute atomic E-state index is 13.2. The minimum Gasteiger partial charge on any atom is -0.326 e. The Morgan fingerprint density at radius 3 is 2.68 bits per heavy atom. The van der Waals surface area contributed by atoms with Crippen molar-refractivity contribution in [3.63, 3.8) is 0 Å². The molecular weight excluding hydrogens is 338 g/mol. The van der Waals surface area contributed by atoms with Crippen LogP contribution in [0.1, 0.15) is 37.7 Å². The number of rotatable bonds is 4. The van der Waals surface area contributed by atoms with E-state index < -0.39 is 10.0 Å². The van der Waals surface area contributed by atoms with E-state index in [0.717, 1.165) is 43.7 Å². The van der Waals surface area contributed by atoms with E-state index in [4.69, 9.17) is 0 Å². The Kier molecular flexibility index (Phi) is 4.56. The van der Waals surface area contributed by atoms with Crippen LogP contribution in [-0.2, 0) is 21.2 Å². The fourth-order valence-electron chi connectivity index (χ4n) is 4.23. The first kappa shape index (κ1) is 17.0. The van der Waals surface area contributed by atoms with Crippen LogP contribution in [0.4, 0.5) is 5.69 Å². The second-order valence-electron chi connectivity index (χ2n) is 7.29. The molecular formula is C18H25N3O3S. The minimum atomic E-state index is -3.48. The van der Waals surface area contributed by atoms with E-state index in [0.29, 0.717) is 24.3 Å². The monoisotopic (exact) mass is 363 g/mol. The molecule has 1 atom stereocenters. The molecule has 1 amide bonds. The summed E-state index contributed by atoms with van der Waals surface area (Å²) in [6.07, 6.45) is 5.32. The van der Waals surface area contributed by atoms with Crippen LogP contribution in [0.25, 0.3) is 0 Å². The highest BCUT2D eigenvalue weighted by Gasteiger charge is 2.36. The first-order chi connectivity index (χ1) is 12.0. The van der Waals surface area contributed by atoms with E-state index in [1.54, 1.807) is 22.5 Å². The van der Waals surface area contributed by atoms with Gasteiger partial charge in [0.1, 0.15) is 0 Å². The van der Waals surface area contributed by atoms with Gasteiger partial charge in [0.15, 0.2) is 0 Å². The Balaban J connectivity index is 1.57. The molecule has 0 unspecified atom stereocenters. The standard InChI is InChI=1S/C18H25N3O3S/c22-18-8-5-14-12-16(6-7-17(14)19-18)25(23,24)21-11-3-4-15(21)13-20-9-1-2-10-20/h6-7,12,15H,1-5,8-11,13H2,(H,19,22)/t15-/m0/s1. The summed E-state index contributed by atoms with van der Waals surface area (Å²) in [4.78, 5) is 14.2. The summed E-state index contributed by atoms with van der Waals surface area (Å²) in [6.45, 7) is 3.63. The second kappa shape index (κ2) is 6.70. The van der Waals surface area contributed by atoms with E-state index in [1.807, 2.05) is 0 Å². The number of aryl methyl sites for hydroxylation is 1. The van der Waals surface area contributed by atoms with Crippen LogP contribution in [-0.4, -0.2) is 55.8 Å². The zero-order chi connectivity index (χ0) is 17.4. The van der Waals surface area contributed by atoms with Gasteiger partial charge in [-0.15, -0.1) is 0 Å². The molecule has 3 aliphatic rings. The normalized spacial score (nSPS) is 25.1. The van der Waals surface area contributed by atoms with Gasteiger partial charge in [0.05, 0.1) is 4.90 Å². The van der Waals surface area contributed by atoms with Gasteiger partial charge >= 0.3 is 0 Å². The number of amides is 1. The number of fused-ring (bicyclic) bond motifs is 1. The molecule has 1 aromatic rings. The van der Waals surface area contributed by atoms with Crippen LogP contribution in [0, 0.1) is 0 Å². The quantitative estimate of drug-likeness (QED) is 0.886. The van der Waals surface area contributed by atoms with Gasteiger partial charge < -0.3 is 10.2 Å². The molecule has 25 heavy (non-hydrogen) atoms. The van der Waals surface area contributed by atoms with E-state index >= 15 is 0 Å². The number of carbonyl (C=O) groups excluding carboxylic acids is 1. The first-order valence-electron chi connectivity index (χ1n) is 9.21. The highest BCUT2D eigenvalue weighted by Crippen LogP contribution is 2.31. The smallest absolute Gasteiger partial charge is 0.243 e. The van der Waals surface area contributed by atoms with Crippen molar-refractivity contribution in [3.05, 3.63) is 23.8 Å². The van der Waals surface area contributed by atoms with Crippen molar-refractivity contribution in [2.24, 2.45) is 0 Å². The molecule has 3 heterocycles. The molecule has 4 rings (SSSR count). The molecule has 136 valence electrons. The van der Waals surface area contributed by atoms with Gasteiger partial charge in [-0.05, 0) is 69.0 Å². The lowest BCUT2D eigenvalue weighted by molar-refractivity contribution is -0.116. The Bertz CT molecular complexity index is 772. The number of sulfonamides is 1. The third-order valence-electron chi connectivity index (χ3n) is 5.57. The molecule has 0 spiro atoms. The van der Waals surface area contributed by atoms with Crippen LogP contribution in [0.15, 0.2) is 23.1 Å². The van der Waals surface area contributed by atoms with Crippen molar-refractivity contribution in [2.75, 3.05) is 31.5 Å². The Morgan fingerprint density at radius 1 is 1.08 bits per heavy atom. The largest absolute Gasteiger partial charge is 0.326 e. The highest BCUT2D eigenvalue weighted by molar-refractivity contribution is 7.89. The number of anilines is 1. The third kappa shape index (κ3) is 3.32. The maximum Gasteiger partial charge on any atom is 0.243 e. The van der Waals surface area contributed by atoms with Gasteiger partial charge in [-0.25, -0.2) is 8.42 Å². The number of likely N-dealkylation sites (tertiary alicyclic amines) is 1. The molecule has 0 bridgehead atoms. The SMILES string of the molecule is O=C1CCc2cc(S(=O)(=O)N3CCC[C@H]3CN3CCCC3)ccc2N1. The summed E-state index contributed by atoms with van der Waals surface area (Å²) < 4.78 is 28.1. The van der Waals surface area contributed by atoms with Gasteiger partial charge in [-0.1, -0.05) is 0 Å². The van der Waals surface area contributed by atoms with Crippen molar-refractivity contribution < 1.29 is 13.2 Å². The first-order valence-corrected chi connectivity index (χ1v) is 10.6. The van der Waals surface area contributed by atoms with Crippen LogP contribution < -0.4 is 5.32 Å². The van der Waals surface area contributed by atoms with Gasteiger partial charge in [0.2, 0.25) is 15.9 Å². The molecule has 2 saturated heterocycles. The van der Waals surface area contributed by atoms with Crippen molar-refractivity contribution in [2.45, 2.75) is 49.5 Å². The molecule has 0 radical (unpaired) electrons. The van der Waals surface area contributed by atoms with Gasteiger partial charge in [-0.2, -0.15) is 4.31 Å². The van der Waals surface area contributed by atoms with Gasteiger partial charge in [-0.3, -0.25) is 4.79 Å². The zero-order valence-electron chi connectivity index (χ0n) is 14.4. The summed E-state index contributed by atoms with van der Waals surface area (Å²) in [5.41, 5.74) is 1.65. The molecule has 1 aromatic carbocycles. The number of hydrogen-bond donors (Lipinski definition) is 1. The van der Waals surface area contributed by atoms with Crippen molar-refractivity contribution in [1.82, 2.24) is 9.21 Å². The van der Waals surface area contributed by atoms with E-state index in [-0.39, 0.29) is 11.9 Å². The van der Waals surface area contributed by atoms with Gasteiger partial charge in [0, 0.05) is 31.2 Å². The Morgan fingerprint density at radius 2 is 1.88 bits per heavy atom. The molecule has 6 nitrogen and oxygen atoms in total. The van der Waals surface area contributed by atoms with E-state index in [9.17, 15) is 13.2 Å². The predicted octanol–water partition coefficient (Wildman–Crippen LogP) is 1.82. The highest BCUT2D eigenvalue weighted by atomic mass is 32.2. The summed E-state index contributed by atoms with van der Waals surface area (Å²) in [5.74, 6) is -0.00618. The predicted molar refractivity (Wildman–Crippen MR) is 96.0 cm³/mol. The summed E-state index contributed by atoms with van der Waals surface area (Å²) >= 11 is 0. The van der Waals surface area contributed by atoms with Crippen molar-refractivity contribution in [1.29, 1.82) is 0 Å². The average molecular weight is 363 g/mol.